The zero-order chi connectivity index (χ0) is 13.7. The van der Waals surface area contributed by atoms with Gasteiger partial charge in [-0.15, -0.1) is 11.3 Å². The molecule has 0 amide bonds. The second-order valence-electron chi connectivity index (χ2n) is 5.44. The lowest BCUT2D eigenvalue weighted by atomic mass is 10.0. The second-order valence-corrected chi connectivity index (χ2v) is 6.78. The summed E-state index contributed by atoms with van der Waals surface area (Å²) in [7, 11) is 0. The summed E-state index contributed by atoms with van der Waals surface area (Å²) in [5.74, 6) is 0.605. The molecule has 0 spiro atoms. The third kappa shape index (κ3) is 4.28. The number of aryl methyl sites for hydroxylation is 2. The maximum Gasteiger partial charge on any atom is 0.0623 e. The van der Waals surface area contributed by atoms with Crippen molar-refractivity contribution in [2.45, 2.75) is 39.8 Å². The summed E-state index contributed by atoms with van der Waals surface area (Å²) in [6.07, 6.45) is 1.18. The fraction of sp³-hybridized carbons (Fsp3) is 0.733. The number of thiophene rings is 1. The van der Waals surface area contributed by atoms with Crippen LogP contribution in [0, 0.1) is 19.8 Å². The van der Waals surface area contributed by atoms with Gasteiger partial charge in [-0.25, -0.2) is 0 Å². The molecule has 1 aliphatic heterocycles. The highest BCUT2D eigenvalue weighted by atomic mass is 32.1. The van der Waals surface area contributed by atoms with E-state index in [1.54, 1.807) is 0 Å². The lowest BCUT2D eigenvalue weighted by molar-refractivity contribution is 0.182. The van der Waals surface area contributed by atoms with Gasteiger partial charge < -0.3 is 15.4 Å². The topological polar surface area (TPSA) is 33.3 Å². The van der Waals surface area contributed by atoms with Gasteiger partial charge in [0.1, 0.15) is 0 Å². The molecule has 1 aromatic heterocycles. The van der Waals surface area contributed by atoms with Crippen molar-refractivity contribution in [3.05, 3.63) is 21.4 Å². The maximum atomic E-state index is 5.59. The molecule has 4 heteroatoms. The highest BCUT2D eigenvalue weighted by Gasteiger charge is 2.26. The molecule has 0 aromatic carbocycles. The van der Waals surface area contributed by atoms with Crippen LogP contribution < -0.4 is 10.6 Å². The van der Waals surface area contributed by atoms with E-state index in [9.17, 15) is 0 Å². The van der Waals surface area contributed by atoms with Crippen molar-refractivity contribution in [1.29, 1.82) is 0 Å². The Kier molecular flexibility index (Phi) is 5.82. The van der Waals surface area contributed by atoms with Gasteiger partial charge in [0.15, 0.2) is 0 Å². The lowest BCUT2D eigenvalue weighted by Gasteiger charge is -2.19. The van der Waals surface area contributed by atoms with Gasteiger partial charge in [-0.2, -0.15) is 0 Å². The van der Waals surface area contributed by atoms with E-state index < -0.39 is 0 Å². The average Bonchev–Trinajstić information content (AvgIpc) is 2.95. The summed E-state index contributed by atoms with van der Waals surface area (Å²) in [6.45, 7) is 11.4. The molecule has 0 saturated carbocycles. The average molecular weight is 282 g/mol. The van der Waals surface area contributed by atoms with E-state index in [1.165, 1.54) is 21.7 Å². The molecule has 0 aliphatic carbocycles. The van der Waals surface area contributed by atoms with Crippen LogP contribution in [-0.2, 0) is 11.3 Å². The van der Waals surface area contributed by atoms with E-state index in [0.29, 0.717) is 12.0 Å². The van der Waals surface area contributed by atoms with Crippen LogP contribution in [0.1, 0.15) is 28.7 Å². The van der Waals surface area contributed by atoms with E-state index in [1.807, 2.05) is 11.3 Å². The minimum atomic E-state index is 0.527. The van der Waals surface area contributed by atoms with Gasteiger partial charge in [0.25, 0.3) is 0 Å². The van der Waals surface area contributed by atoms with Crippen molar-refractivity contribution < 1.29 is 4.74 Å². The number of rotatable bonds is 7. The zero-order valence-corrected chi connectivity index (χ0v) is 13.1. The molecule has 1 saturated heterocycles. The molecule has 1 fully saturated rings. The third-order valence-corrected chi connectivity index (χ3v) is 4.93. The van der Waals surface area contributed by atoms with Crippen molar-refractivity contribution in [2.75, 3.05) is 26.3 Å². The van der Waals surface area contributed by atoms with Crippen LogP contribution in [0.2, 0.25) is 0 Å². The van der Waals surface area contributed by atoms with E-state index in [0.717, 1.165) is 32.8 Å². The quantitative estimate of drug-likeness (QED) is 0.806. The highest BCUT2D eigenvalue weighted by Crippen LogP contribution is 2.20. The van der Waals surface area contributed by atoms with Gasteiger partial charge in [-0.3, -0.25) is 0 Å². The standard InChI is InChI=1S/C15H26N2OS/c1-4-5-17-15-10-18-9-13(15)7-16-8-14-6-11(2)12(3)19-14/h6,13,15-17H,4-5,7-10H2,1-3H3. The van der Waals surface area contributed by atoms with Crippen molar-refractivity contribution in [3.63, 3.8) is 0 Å². The summed E-state index contributed by atoms with van der Waals surface area (Å²) < 4.78 is 5.59. The van der Waals surface area contributed by atoms with E-state index in [-0.39, 0.29) is 0 Å². The first-order valence-corrected chi connectivity index (χ1v) is 8.10. The Morgan fingerprint density at radius 2 is 2.21 bits per heavy atom. The van der Waals surface area contributed by atoms with Crippen molar-refractivity contribution >= 4 is 11.3 Å². The minimum absolute atomic E-state index is 0.527. The van der Waals surface area contributed by atoms with Crippen LogP contribution in [0.5, 0.6) is 0 Å². The Hall–Kier alpha value is -0.420. The van der Waals surface area contributed by atoms with Crippen LogP contribution in [0.3, 0.4) is 0 Å². The molecule has 0 radical (unpaired) electrons. The summed E-state index contributed by atoms with van der Waals surface area (Å²) >= 11 is 1.90. The molecule has 2 rings (SSSR count). The largest absolute Gasteiger partial charge is 0.379 e. The first-order valence-electron chi connectivity index (χ1n) is 7.28. The molecule has 3 nitrogen and oxygen atoms in total. The van der Waals surface area contributed by atoms with Crippen LogP contribution >= 0.6 is 11.3 Å². The molecule has 2 unspecified atom stereocenters. The fourth-order valence-corrected chi connectivity index (χ4v) is 3.50. The molecule has 2 atom stereocenters. The maximum absolute atomic E-state index is 5.59. The summed E-state index contributed by atoms with van der Waals surface area (Å²) in [5.41, 5.74) is 1.41. The molecule has 1 aromatic rings. The number of hydrogen-bond acceptors (Lipinski definition) is 4. The Labute approximate surface area is 120 Å². The minimum Gasteiger partial charge on any atom is -0.379 e. The van der Waals surface area contributed by atoms with Crippen molar-refractivity contribution in [2.24, 2.45) is 5.92 Å². The Morgan fingerprint density at radius 3 is 2.89 bits per heavy atom. The van der Waals surface area contributed by atoms with Crippen molar-refractivity contribution in [1.82, 2.24) is 10.6 Å². The SMILES string of the molecule is CCCNC1COCC1CNCc1cc(C)c(C)s1. The van der Waals surface area contributed by atoms with Gasteiger partial charge in [-0.05, 0) is 38.4 Å². The van der Waals surface area contributed by atoms with Gasteiger partial charge in [0.05, 0.1) is 13.2 Å². The highest BCUT2D eigenvalue weighted by molar-refractivity contribution is 7.12. The van der Waals surface area contributed by atoms with E-state index >= 15 is 0 Å². The summed E-state index contributed by atoms with van der Waals surface area (Å²) in [6, 6.07) is 2.82. The molecule has 2 heterocycles. The third-order valence-electron chi connectivity index (χ3n) is 3.78. The molecular formula is C15H26N2OS. The normalized spacial score (nSPS) is 23.1. The number of ether oxygens (including phenoxy) is 1. The monoisotopic (exact) mass is 282 g/mol. The Morgan fingerprint density at radius 1 is 1.37 bits per heavy atom. The van der Waals surface area contributed by atoms with E-state index in [4.69, 9.17) is 4.74 Å². The molecular weight excluding hydrogens is 256 g/mol. The van der Waals surface area contributed by atoms with Gasteiger partial charge >= 0.3 is 0 Å². The predicted molar refractivity (Wildman–Crippen MR) is 81.9 cm³/mol. The Bertz CT molecular complexity index is 372. The first-order chi connectivity index (χ1) is 9.20. The molecule has 0 bridgehead atoms. The van der Waals surface area contributed by atoms with Crippen LogP contribution in [-0.4, -0.2) is 32.3 Å². The van der Waals surface area contributed by atoms with Crippen LogP contribution in [0.15, 0.2) is 6.07 Å². The van der Waals surface area contributed by atoms with Gasteiger partial charge in [0, 0.05) is 34.8 Å². The summed E-state index contributed by atoms with van der Waals surface area (Å²) in [4.78, 5) is 2.87. The van der Waals surface area contributed by atoms with Gasteiger partial charge in [-0.1, -0.05) is 6.92 Å². The molecule has 1 aliphatic rings. The molecule has 108 valence electrons. The second kappa shape index (κ2) is 7.39. The Balaban J connectivity index is 1.72. The van der Waals surface area contributed by atoms with Crippen LogP contribution in [0.25, 0.3) is 0 Å². The zero-order valence-electron chi connectivity index (χ0n) is 12.3. The van der Waals surface area contributed by atoms with Gasteiger partial charge in [0.2, 0.25) is 0 Å². The number of nitrogens with one attached hydrogen (secondary N) is 2. The molecule has 19 heavy (non-hydrogen) atoms. The summed E-state index contributed by atoms with van der Waals surface area (Å²) in [5, 5.41) is 7.16. The fourth-order valence-electron chi connectivity index (χ4n) is 2.47. The van der Waals surface area contributed by atoms with E-state index in [2.05, 4.69) is 37.5 Å². The van der Waals surface area contributed by atoms with Crippen LogP contribution in [0.4, 0.5) is 0 Å². The number of hydrogen-bond donors (Lipinski definition) is 2. The predicted octanol–water partition coefficient (Wildman–Crippen LogP) is 2.47. The smallest absolute Gasteiger partial charge is 0.0623 e. The first kappa shape index (κ1) is 15.0. The lowest BCUT2D eigenvalue weighted by Crippen LogP contribution is -2.40. The van der Waals surface area contributed by atoms with Crippen molar-refractivity contribution in [3.8, 4) is 0 Å². The molecule has 2 N–H and O–H groups in total.